The molecule has 2 aliphatic carbocycles. The first-order valence-electron chi connectivity index (χ1n) is 7.53. The molecular weight excluding hydrogens is 223 g/mol. The lowest BCUT2D eigenvalue weighted by atomic mass is 9.72. The molecule has 2 saturated carbocycles. The van der Waals surface area contributed by atoms with Gasteiger partial charge in [0.2, 0.25) is 0 Å². The molecule has 1 heteroatoms. The van der Waals surface area contributed by atoms with Crippen LogP contribution < -0.4 is 0 Å². The first-order valence-corrected chi connectivity index (χ1v) is 7.53. The Morgan fingerprint density at radius 2 is 1.67 bits per heavy atom. The lowest BCUT2D eigenvalue weighted by molar-refractivity contribution is 0.337. The Kier molecular flexibility index (Phi) is 3.41. The summed E-state index contributed by atoms with van der Waals surface area (Å²) in [4.78, 5) is 0. The molecule has 3 rings (SSSR count). The second-order valence-electron chi connectivity index (χ2n) is 6.37. The topological polar surface area (TPSA) is 0 Å². The van der Waals surface area contributed by atoms with Gasteiger partial charge >= 0.3 is 0 Å². The van der Waals surface area contributed by atoms with E-state index in [0.29, 0.717) is 11.8 Å². The Morgan fingerprint density at radius 3 is 2.33 bits per heavy atom. The van der Waals surface area contributed by atoms with Gasteiger partial charge in [-0.05, 0) is 66.7 Å². The molecule has 0 radical (unpaired) electrons. The van der Waals surface area contributed by atoms with Crippen molar-refractivity contribution in [2.24, 2.45) is 5.92 Å². The highest BCUT2D eigenvalue weighted by Gasteiger charge is 2.27. The van der Waals surface area contributed by atoms with Crippen LogP contribution in [0.5, 0.6) is 0 Å². The number of halogens is 1. The van der Waals surface area contributed by atoms with Crippen LogP contribution >= 0.6 is 0 Å². The Labute approximate surface area is 110 Å². The summed E-state index contributed by atoms with van der Waals surface area (Å²) in [5.41, 5.74) is 2.80. The van der Waals surface area contributed by atoms with E-state index in [1.54, 1.807) is 6.07 Å². The highest BCUT2D eigenvalue weighted by molar-refractivity contribution is 5.35. The van der Waals surface area contributed by atoms with E-state index < -0.39 is 0 Å². The van der Waals surface area contributed by atoms with Gasteiger partial charge in [-0.25, -0.2) is 4.39 Å². The van der Waals surface area contributed by atoms with E-state index in [1.807, 2.05) is 6.07 Å². The van der Waals surface area contributed by atoms with Gasteiger partial charge in [0.05, 0.1) is 0 Å². The zero-order valence-electron chi connectivity index (χ0n) is 11.3. The van der Waals surface area contributed by atoms with Gasteiger partial charge in [0, 0.05) is 0 Å². The fraction of sp³-hybridized carbons (Fsp3) is 0.647. The van der Waals surface area contributed by atoms with Crippen LogP contribution in [-0.4, -0.2) is 0 Å². The predicted molar refractivity (Wildman–Crippen MR) is 73.4 cm³/mol. The molecule has 2 fully saturated rings. The average Bonchev–Trinajstić information content (AvgIpc) is 2.27. The minimum absolute atomic E-state index is 0.0514. The van der Waals surface area contributed by atoms with Crippen LogP contribution in [0.25, 0.3) is 0 Å². The van der Waals surface area contributed by atoms with Gasteiger partial charge in [0.15, 0.2) is 0 Å². The van der Waals surface area contributed by atoms with E-state index in [1.165, 1.54) is 56.1 Å². The maximum atomic E-state index is 13.5. The predicted octanol–water partition coefficient (Wildman–Crippen LogP) is 5.39. The lowest BCUT2D eigenvalue weighted by Crippen LogP contribution is -2.17. The van der Waals surface area contributed by atoms with E-state index in [-0.39, 0.29) is 5.82 Å². The number of rotatable bonds is 2. The van der Waals surface area contributed by atoms with Crippen molar-refractivity contribution < 1.29 is 4.39 Å². The van der Waals surface area contributed by atoms with Gasteiger partial charge in [0.1, 0.15) is 5.82 Å². The average molecular weight is 246 g/mol. The summed E-state index contributed by atoms with van der Waals surface area (Å²) in [6, 6.07) is 5.56. The summed E-state index contributed by atoms with van der Waals surface area (Å²) >= 11 is 0. The molecule has 0 unspecified atom stereocenters. The van der Waals surface area contributed by atoms with Gasteiger partial charge < -0.3 is 0 Å². The zero-order valence-corrected chi connectivity index (χ0v) is 11.3. The van der Waals surface area contributed by atoms with E-state index in [0.717, 1.165) is 5.92 Å². The standard InChI is InChI=1S/C17H23F/c1-12-4-2-7-14(10-12)16-9-8-15(18)11-17(16)13-5-3-6-13/h8-9,11-14H,2-7,10H2,1H3/t12-,14+/m0/s1. The van der Waals surface area contributed by atoms with Crippen LogP contribution in [0, 0.1) is 11.7 Å². The molecule has 2 aliphatic rings. The molecule has 0 saturated heterocycles. The quantitative estimate of drug-likeness (QED) is 0.656. The third-order valence-corrected chi connectivity index (χ3v) is 4.97. The molecule has 0 bridgehead atoms. The van der Waals surface area contributed by atoms with Gasteiger partial charge in [-0.2, -0.15) is 0 Å². The second-order valence-corrected chi connectivity index (χ2v) is 6.37. The van der Waals surface area contributed by atoms with Crippen molar-refractivity contribution in [3.8, 4) is 0 Å². The van der Waals surface area contributed by atoms with Gasteiger partial charge in [-0.3, -0.25) is 0 Å². The van der Waals surface area contributed by atoms with Gasteiger partial charge in [-0.15, -0.1) is 0 Å². The Morgan fingerprint density at radius 1 is 0.944 bits per heavy atom. The Balaban J connectivity index is 1.89. The van der Waals surface area contributed by atoms with Gasteiger partial charge in [0.25, 0.3) is 0 Å². The van der Waals surface area contributed by atoms with Crippen LogP contribution in [0.3, 0.4) is 0 Å². The third-order valence-electron chi connectivity index (χ3n) is 4.97. The largest absolute Gasteiger partial charge is 0.207 e. The van der Waals surface area contributed by atoms with Crippen molar-refractivity contribution in [1.29, 1.82) is 0 Å². The van der Waals surface area contributed by atoms with E-state index in [9.17, 15) is 4.39 Å². The molecule has 98 valence electrons. The summed E-state index contributed by atoms with van der Waals surface area (Å²) in [7, 11) is 0. The third kappa shape index (κ3) is 2.32. The van der Waals surface area contributed by atoms with Crippen LogP contribution in [0.4, 0.5) is 4.39 Å². The number of hydrogen-bond donors (Lipinski definition) is 0. The van der Waals surface area contributed by atoms with Crippen LogP contribution in [-0.2, 0) is 0 Å². The molecule has 0 heterocycles. The molecule has 18 heavy (non-hydrogen) atoms. The number of hydrogen-bond acceptors (Lipinski definition) is 0. The molecule has 2 atom stereocenters. The Hall–Kier alpha value is -0.850. The van der Waals surface area contributed by atoms with Crippen LogP contribution in [0.1, 0.15) is 74.8 Å². The first-order chi connectivity index (χ1) is 8.74. The second kappa shape index (κ2) is 5.03. The highest BCUT2D eigenvalue weighted by atomic mass is 19.1. The molecule has 1 aromatic rings. The first kappa shape index (κ1) is 12.2. The molecule has 0 N–H and O–H groups in total. The summed E-state index contributed by atoms with van der Waals surface area (Å²) < 4.78 is 13.5. The minimum atomic E-state index is -0.0514. The van der Waals surface area contributed by atoms with E-state index in [2.05, 4.69) is 13.0 Å². The molecule has 1 aromatic carbocycles. The maximum absolute atomic E-state index is 13.5. The van der Waals surface area contributed by atoms with Crippen LogP contribution in [0.15, 0.2) is 18.2 Å². The fourth-order valence-corrected chi connectivity index (χ4v) is 3.71. The molecule has 0 amide bonds. The SMILES string of the molecule is C[C@H]1CCC[C@@H](c2ccc(F)cc2C2CCC2)C1. The van der Waals surface area contributed by atoms with Crippen molar-refractivity contribution in [2.45, 2.75) is 63.7 Å². The monoisotopic (exact) mass is 246 g/mol. The van der Waals surface area contributed by atoms with E-state index in [4.69, 9.17) is 0 Å². The van der Waals surface area contributed by atoms with Gasteiger partial charge in [-0.1, -0.05) is 32.3 Å². The summed E-state index contributed by atoms with van der Waals surface area (Å²) in [5.74, 6) is 2.12. The van der Waals surface area contributed by atoms with Crippen molar-refractivity contribution in [3.05, 3.63) is 35.1 Å². The molecular formula is C17H23F. The summed E-state index contributed by atoms with van der Waals surface area (Å²) in [6.07, 6.45) is 9.16. The van der Waals surface area contributed by atoms with E-state index >= 15 is 0 Å². The fourth-order valence-electron chi connectivity index (χ4n) is 3.71. The molecule has 0 nitrogen and oxygen atoms in total. The van der Waals surface area contributed by atoms with Crippen molar-refractivity contribution in [2.75, 3.05) is 0 Å². The zero-order chi connectivity index (χ0) is 12.5. The minimum Gasteiger partial charge on any atom is -0.207 e. The molecule has 0 spiro atoms. The number of benzene rings is 1. The molecule has 0 aliphatic heterocycles. The smallest absolute Gasteiger partial charge is 0.123 e. The maximum Gasteiger partial charge on any atom is 0.123 e. The van der Waals surface area contributed by atoms with Crippen molar-refractivity contribution in [3.63, 3.8) is 0 Å². The Bertz CT molecular complexity index is 420. The van der Waals surface area contributed by atoms with Crippen molar-refractivity contribution in [1.82, 2.24) is 0 Å². The van der Waals surface area contributed by atoms with Crippen LogP contribution in [0.2, 0.25) is 0 Å². The lowest BCUT2D eigenvalue weighted by Gasteiger charge is -2.33. The van der Waals surface area contributed by atoms with Crippen molar-refractivity contribution >= 4 is 0 Å². The summed E-state index contributed by atoms with van der Waals surface area (Å²) in [5, 5.41) is 0. The summed E-state index contributed by atoms with van der Waals surface area (Å²) in [6.45, 7) is 2.36. The highest BCUT2D eigenvalue weighted by Crippen LogP contribution is 2.44. The molecule has 0 aromatic heterocycles. The normalized spacial score (nSPS) is 29.0.